The molecule has 0 heterocycles. The molecule has 2 atom stereocenters. The van der Waals surface area contributed by atoms with Crippen molar-refractivity contribution >= 4 is 28.2 Å². The molecular weight excluding hydrogens is 749 g/mol. The summed E-state index contributed by atoms with van der Waals surface area (Å²) in [5.74, 6) is 0.141. The van der Waals surface area contributed by atoms with Crippen LogP contribution in [0.2, 0.25) is 0 Å². The van der Waals surface area contributed by atoms with E-state index in [1.807, 2.05) is 0 Å². The van der Waals surface area contributed by atoms with Crippen LogP contribution in [-0.4, -0.2) is 6.04 Å². The molecule has 0 aliphatic heterocycles. The van der Waals surface area contributed by atoms with E-state index in [-0.39, 0.29) is 12.0 Å². The van der Waals surface area contributed by atoms with Gasteiger partial charge in [-0.2, -0.15) is 0 Å². The third kappa shape index (κ3) is 8.50. The number of hydrogen-bond donors (Lipinski definition) is 1. The van der Waals surface area contributed by atoms with E-state index in [0.717, 1.165) is 29.9 Å². The molecule has 2 heteroatoms. The Morgan fingerprint density at radius 3 is 1.31 bits per heavy atom. The van der Waals surface area contributed by atoms with Gasteiger partial charge >= 0.3 is 0 Å². The fourth-order valence-electron chi connectivity index (χ4n) is 8.85. The second kappa shape index (κ2) is 17.9. The fourth-order valence-corrected chi connectivity index (χ4v) is 8.85. The lowest BCUT2D eigenvalue weighted by atomic mass is 9.83. The molecule has 0 bridgehead atoms. The van der Waals surface area contributed by atoms with Gasteiger partial charge in [0.25, 0.3) is 0 Å². The molecule has 0 amide bonds. The van der Waals surface area contributed by atoms with Crippen LogP contribution < -0.4 is 10.2 Å². The van der Waals surface area contributed by atoms with Crippen molar-refractivity contribution in [1.29, 1.82) is 0 Å². The zero-order chi connectivity index (χ0) is 41.5. The minimum atomic E-state index is 0.0932. The molecule has 0 fully saturated rings. The van der Waals surface area contributed by atoms with Gasteiger partial charge in [0.05, 0.1) is 6.04 Å². The molecule has 62 heavy (non-hydrogen) atoms. The zero-order valence-corrected chi connectivity index (χ0v) is 34.7. The van der Waals surface area contributed by atoms with Gasteiger partial charge in [0.15, 0.2) is 0 Å². The Labute approximate surface area is 366 Å². The van der Waals surface area contributed by atoms with E-state index in [1.165, 1.54) is 66.9 Å². The largest absolute Gasteiger partial charge is 0.378 e. The van der Waals surface area contributed by atoms with Gasteiger partial charge in [-0.15, -0.1) is 0 Å². The van der Waals surface area contributed by atoms with Gasteiger partial charge < -0.3 is 10.2 Å². The van der Waals surface area contributed by atoms with Gasteiger partial charge in [-0.05, 0) is 117 Å². The minimum Gasteiger partial charge on any atom is -0.378 e. The Balaban J connectivity index is 0.924. The Morgan fingerprint density at radius 1 is 0.387 bits per heavy atom. The molecular formula is C60H48N2. The first kappa shape index (κ1) is 38.5. The van der Waals surface area contributed by atoms with Crippen LogP contribution in [0.3, 0.4) is 0 Å². The van der Waals surface area contributed by atoms with E-state index in [0.29, 0.717) is 0 Å². The second-order valence-corrected chi connectivity index (χ2v) is 16.1. The Morgan fingerprint density at radius 2 is 0.823 bits per heavy atom. The molecule has 0 saturated heterocycles. The van der Waals surface area contributed by atoms with E-state index in [2.05, 4.69) is 259 Å². The standard InChI is InChI=1S/C60H48N2/c1-5-13-44(14-6-1)49-25-34-55(35-26-49)61-60-42-33-54(47-19-11-4-12-20-47)43-59(60)53-23-21-48(22-24-53)52-31-40-58(41-32-52)62(56-36-27-50(28-37-56)45-15-7-2-8-16-45)57-38-29-51(30-39-57)46-17-9-3-10-18-46/h1-29,31-38,40-43,59-61H,30,39H2. The summed E-state index contributed by atoms with van der Waals surface area (Å²) >= 11 is 0. The number of allylic oxidation sites excluding steroid dienone is 6. The van der Waals surface area contributed by atoms with Crippen molar-refractivity contribution in [2.45, 2.75) is 24.8 Å². The van der Waals surface area contributed by atoms with Gasteiger partial charge in [-0.3, -0.25) is 0 Å². The average Bonchev–Trinajstić information content (AvgIpc) is 3.36. The van der Waals surface area contributed by atoms with Crippen LogP contribution in [0.4, 0.5) is 17.1 Å². The highest BCUT2D eigenvalue weighted by atomic mass is 15.1. The number of nitrogens with one attached hydrogen (secondary N) is 1. The number of benzene rings is 8. The van der Waals surface area contributed by atoms with Crippen LogP contribution in [0.5, 0.6) is 0 Å². The molecule has 1 N–H and O–H groups in total. The molecule has 298 valence electrons. The molecule has 2 aliphatic rings. The van der Waals surface area contributed by atoms with E-state index in [9.17, 15) is 0 Å². The minimum absolute atomic E-state index is 0.0932. The summed E-state index contributed by atoms with van der Waals surface area (Å²) in [6.45, 7) is 0. The van der Waals surface area contributed by atoms with E-state index in [1.54, 1.807) is 0 Å². The lowest BCUT2D eigenvalue weighted by molar-refractivity contribution is 0.759. The molecule has 0 radical (unpaired) electrons. The van der Waals surface area contributed by atoms with Crippen LogP contribution in [0.25, 0.3) is 44.5 Å². The SMILES string of the molecule is C1=CC(Nc2ccc(-c3ccccc3)cc2)C(c2ccc(-c3ccc(N(C4=CC=C(c5ccccc5)CC4)c4ccc(-c5ccccc5)cc4)cc3)cc2)C=C1c1ccccc1. The van der Waals surface area contributed by atoms with Crippen LogP contribution in [0.15, 0.2) is 254 Å². The van der Waals surface area contributed by atoms with Crippen molar-refractivity contribution in [2.24, 2.45) is 0 Å². The first-order valence-corrected chi connectivity index (χ1v) is 21.7. The van der Waals surface area contributed by atoms with Crippen LogP contribution in [-0.2, 0) is 0 Å². The molecule has 10 rings (SSSR count). The van der Waals surface area contributed by atoms with E-state index < -0.39 is 0 Å². The van der Waals surface area contributed by atoms with Gasteiger partial charge in [-0.1, -0.05) is 206 Å². The molecule has 0 aromatic heterocycles. The van der Waals surface area contributed by atoms with Crippen molar-refractivity contribution in [3.63, 3.8) is 0 Å². The molecule has 0 spiro atoms. The highest BCUT2D eigenvalue weighted by Gasteiger charge is 2.24. The number of anilines is 3. The molecule has 0 saturated carbocycles. The average molecular weight is 797 g/mol. The maximum Gasteiger partial charge on any atom is 0.0551 e. The summed E-state index contributed by atoms with van der Waals surface area (Å²) < 4.78 is 0. The summed E-state index contributed by atoms with van der Waals surface area (Å²) in [5, 5.41) is 3.86. The first-order chi connectivity index (χ1) is 30.7. The topological polar surface area (TPSA) is 15.3 Å². The van der Waals surface area contributed by atoms with Crippen molar-refractivity contribution in [2.75, 3.05) is 10.2 Å². The fraction of sp³-hybridized carbons (Fsp3) is 0.0667. The third-order valence-electron chi connectivity index (χ3n) is 12.2. The Hall–Kier alpha value is -7.68. The van der Waals surface area contributed by atoms with E-state index in [4.69, 9.17) is 0 Å². The predicted octanol–water partition coefficient (Wildman–Crippen LogP) is 15.8. The summed E-state index contributed by atoms with van der Waals surface area (Å²) in [6, 6.07) is 78.8. The van der Waals surface area contributed by atoms with Gasteiger partial charge in [0, 0.05) is 28.7 Å². The third-order valence-corrected chi connectivity index (χ3v) is 12.2. The summed E-state index contributed by atoms with van der Waals surface area (Å²) in [6.07, 6.45) is 13.6. The number of hydrogen-bond acceptors (Lipinski definition) is 2. The van der Waals surface area contributed by atoms with Crippen molar-refractivity contribution in [3.05, 3.63) is 271 Å². The maximum absolute atomic E-state index is 3.86. The first-order valence-electron chi connectivity index (χ1n) is 21.7. The number of rotatable bonds is 11. The Kier molecular flexibility index (Phi) is 11.1. The number of nitrogens with zero attached hydrogens (tertiary/aromatic N) is 1. The predicted molar refractivity (Wildman–Crippen MR) is 263 cm³/mol. The highest BCUT2D eigenvalue weighted by Crippen LogP contribution is 2.39. The second-order valence-electron chi connectivity index (χ2n) is 16.1. The Bertz CT molecular complexity index is 2850. The van der Waals surface area contributed by atoms with Gasteiger partial charge in [0.1, 0.15) is 0 Å². The smallest absolute Gasteiger partial charge is 0.0551 e. The molecule has 2 unspecified atom stereocenters. The zero-order valence-electron chi connectivity index (χ0n) is 34.7. The molecule has 8 aromatic carbocycles. The monoisotopic (exact) mass is 796 g/mol. The summed E-state index contributed by atoms with van der Waals surface area (Å²) in [5.41, 5.74) is 18.4. The quantitative estimate of drug-likeness (QED) is 0.140. The van der Waals surface area contributed by atoms with E-state index >= 15 is 0 Å². The molecule has 2 aliphatic carbocycles. The molecule has 8 aromatic rings. The van der Waals surface area contributed by atoms with Crippen molar-refractivity contribution in [1.82, 2.24) is 0 Å². The lowest BCUT2D eigenvalue weighted by Crippen LogP contribution is -2.26. The van der Waals surface area contributed by atoms with Crippen LogP contribution >= 0.6 is 0 Å². The van der Waals surface area contributed by atoms with Gasteiger partial charge in [-0.25, -0.2) is 0 Å². The highest BCUT2D eigenvalue weighted by molar-refractivity contribution is 5.79. The molecule has 2 nitrogen and oxygen atoms in total. The van der Waals surface area contributed by atoms with Crippen molar-refractivity contribution in [3.8, 4) is 33.4 Å². The lowest BCUT2D eigenvalue weighted by Gasteiger charge is -2.30. The van der Waals surface area contributed by atoms with Crippen LogP contribution in [0, 0.1) is 0 Å². The van der Waals surface area contributed by atoms with Crippen molar-refractivity contribution < 1.29 is 0 Å². The van der Waals surface area contributed by atoms with Gasteiger partial charge in [0.2, 0.25) is 0 Å². The normalized spacial score (nSPS) is 15.8. The maximum atomic E-state index is 3.86. The summed E-state index contributed by atoms with van der Waals surface area (Å²) in [7, 11) is 0. The summed E-state index contributed by atoms with van der Waals surface area (Å²) in [4.78, 5) is 2.43. The van der Waals surface area contributed by atoms with Crippen LogP contribution in [0.1, 0.15) is 35.4 Å².